The van der Waals surface area contributed by atoms with Crippen molar-refractivity contribution in [1.29, 1.82) is 0 Å². The third-order valence-corrected chi connectivity index (χ3v) is 3.07. The van der Waals surface area contributed by atoms with E-state index >= 15 is 0 Å². The van der Waals surface area contributed by atoms with Crippen LogP contribution in [0.1, 0.15) is 23.2 Å². The molecule has 0 bridgehead atoms. The molecule has 6 heteroatoms. The molecule has 1 aromatic rings. The second-order valence-electron chi connectivity index (χ2n) is 4.78. The van der Waals surface area contributed by atoms with E-state index in [0.717, 1.165) is 0 Å². The van der Waals surface area contributed by atoms with Crippen molar-refractivity contribution in [1.82, 2.24) is 5.32 Å². The van der Waals surface area contributed by atoms with Crippen LogP contribution in [0.4, 0.5) is 5.69 Å². The number of rotatable bonds is 6. The molecule has 108 valence electrons. The molecule has 1 saturated carbocycles. The van der Waals surface area contributed by atoms with Gasteiger partial charge < -0.3 is 20.5 Å². The fourth-order valence-electron chi connectivity index (χ4n) is 1.70. The zero-order valence-electron chi connectivity index (χ0n) is 11.3. The molecule has 0 heterocycles. The standard InChI is InChI=1S/C14H18N2O4/c1-19-14(18)10-4-5-12(11(15)6-10)20-8-13(17)16-7-9-2-3-9/h4-6,9H,2-3,7-8,15H2,1H3,(H,16,17). The largest absolute Gasteiger partial charge is 0.482 e. The van der Waals surface area contributed by atoms with Gasteiger partial charge in [-0.1, -0.05) is 0 Å². The Morgan fingerprint density at radius 2 is 2.15 bits per heavy atom. The lowest BCUT2D eigenvalue weighted by Crippen LogP contribution is -2.30. The minimum Gasteiger partial charge on any atom is -0.482 e. The Labute approximate surface area is 117 Å². The van der Waals surface area contributed by atoms with Crippen LogP contribution >= 0.6 is 0 Å². The third-order valence-electron chi connectivity index (χ3n) is 3.07. The minimum atomic E-state index is -0.467. The summed E-state index contributed by atoms with van der Waals surface area (Å²) in [6, 6.07) is 4.55. The zero-order chi connectivity index (χ0) is 14.5. The Morgan fingerprint density at radius 1 is 1.40 bits per heavy atom. The van der Waals surface area contributed by atoms with Crippen LogP contribution in [-0.2, 0) is 9.53 Å². The second-order valence-corrected chi connectivity index (χ2v) is 4.78. The molecule has 1 aliphatic carbocycles. The molecule has 20 heavy (non-hydrogen) atoms. The molecule has 6 nitrogen and oxygen atoms in total. The number of hydrogen-bond acceptors (Lipinski definition) is 5. The van der Waals surface area contributed by atoms with Crippen LogP contribution in [0.5, 0.6) is 5.75 Å². The molecular weight excluding hydrogens is 260 g/mol. The summed E-state index contributed by atoms with van der Waals surface area (Å²) in [5.74, 6) is 0.362. The molecule has 2 rings (SSSR count). The molecule has 1 aliphatic rings. The van der Waals surface area contributed by atoms with Crippen molar-refractivity contribution < 1.29 is 19.1 Å². The highest BCUT2D eigenvalue weighted by molar-refractivity contribution is 5.91. The Hall–Kier alpha value is -2.24. The smallest absolute Gasteiger partial charge is 0.337 e. The molecular formula is C14H18N2O4. The predicted octanol–water partition coefficient (Wildman–Crippen LogP) is 0.960. The van der Waals surface area contributed by atoms with Gasteiger partial charge in [0.2, 0.25) is 0 Å². The lowest BCUT2D eigenvalue weighted by atomic mass is 10.2. The van der Waals surface area contributed by atoms with Gasteiger partial charge in [0, 0.05) is 6.54 Å². The van der Waals surface area contributed by atoms with E-state index < -0.39 is 5.97 Å². The molecule has 1 amide bonds. The maximum Gasteiger partial charge on any atom is 0.337 e. The van der Waals surface area contributed by atoms with Gasteiger partial charge in [-0.3, -0.25) is 4.79 Å². The summed E-state index contributed by atoms with van der Waals surface area (Å²) in [6.45, 7) is 0.618. The van der Waals surface area contributed by atoms with Crippen LogP contribution in [0.25, 0.3) is 0 Å². The topological polar surface area (TPSA) is 90.6 Å². The molecule has 0 saturated heterocycles. The van der Waals surface area contributed by atoms with E-state index in [1.54, 1.807) is 12.1 Å². The molecule has 0 spiro atoms. The number of nitrogen functional groups attached to an aromatic ring is 1. The van der Waals surface area contributed by atoms with Crippen molar-refractivity contribution in [2.24, 2.45) is 5.92 Å². The van der Waals surface area contributed by atoms with Crippen molar-refractivity contribution in [3.8, 4) is 5.75 Å². The van der Waals surface area contributed by atoms with Crippen LogP contribution in [0.3, 0.4) is 0 Å². The van der Waals surface area contributed by atoms with Crippen LogP contribution in [0.2, 0.25) is 0 Å². The summed E-state index contributed by atoms with van der Waals surface area (Å²) < 4.78 is 9.92. The number of hydrogen-bond donors (Lipinski definition) is 2. The number of nitrogens with one attached hydrogen (secondary N) is 1. The molecule has 3 N–H and O–H groups in total. The highest BCUT2D eigenvalue weighted by Crippen LogP contribution is 2.27. The third kappa shape index (κ3) is 3.88. The summed E-state index contributed by atoms with van der Waals surface area (Å²) >= 11 is 0. The number of ether oxygens (including phenoxy) is 2. The van der Waals surface area contributed by atoms with E-state index in [0.29, 0.717) is 29.5 Å². The second kappa shape index (κ2) is 6.27. The lowest BCUT2D eigenvalue weighted by Gasteiger charge is -2.10. The Bertz CT molecular complexity index is 512. The highest BCUT2D eigenvalue weighted by Gasteiger charge is 2.21. The number of benzene rings is 1. The van der Waals surface area contributed by atoms with E-state index in [4.69, 9.17) is 10.5 Å². The highest BCUT2D eigenvalue weighted by atomic mass is 16.5. The fraction of sp³-hybridized carbons (Fsp3) is 0.429. The van der Waals surface area contributed by atoms with Gasteiger partial charge in [0.25, 0.3) is 5.91 Å². The van der Waals surface area contributed by atoms with E-state index in [2.05, 4.69) is 10.1 Å². The van der Waals surface area contributed by atoms with Crippen molar-refractivity contribution in [2.45, 2.75) is 12.8 Å². The summed E-state index contributed by atoms with van der Waals surface area (Å²) in [5.41, 5.74) is 6.41. The number of carbonyl (C=O) groups excluding carboxylic acids is 2. The van der Waals surface area contributed by atoms with Crippen LogP contribution in [0.15, 0.2) is 18.2 Å². The van der Waals surface area contributed by atoms with Crippen molar-refractivity contribution >= 4 is 17.6 Å². The van der Waals surface area contributed by atoms with E-state index in [1.165, 1.54) is 26.0 Å². The van der Waals surface area contributed by atoms with Crippen LogP contribution in [0, 0.1) is 5.92 Å². The summed E-state index contributed by atoms with van der Waals surface area (Å²) in [6.07, 6.45) is 2.37. The van der Waals surface area contributed by atoms with Crippen LogP contribution in [-0.4, -0.2) is 32.1 Å². The van der Waals surface area contributed by atoms with E-state index in [1.807, 2.05) is 0 Å². The normalized spacial score (nSPS) is 13.7. The Morgan fingerprint density at radius 3 is 2.75 bits per heavy atom. The quantitative estimate of drug-likeness (QED) is 0.597. The van der Waals surface area contributed by atoms with Gasteiger partial charge in [0.05, 0.1) is 18.4 Å². The molecule has 1 fully saturated rings. The van der Waals surface area contributed by atoms with Gasteiger partial charge in [-0.15, -0.1) is 0 Å². The Balaban J connectivity index is 1.85. The first kappa shape index (κ1) is 14.2. The molecule has 0 aromatic heterocycles. The molecule has 0 aliphatic heterocycles. The van der Waals surface area contributed by atoms with Crippen LogP contribution < -0.4 is 15.8 Å². The number of anilines is 1. The van der Waals surface area contributed by atoms with E-state index in [-0.39, 0.29) is 12.5 Å². The van der Waals surface area contributed by atoms with Gasteiger partial charge in [-0.25, -0.2) is 4.79 Å². The maximum atomic E-state index is 11.5. The summed E-state index contributed by atoms with van der Waals surface area (Å²) in [4.78, 5) is 22.8. The SMILES string of the molecule is COC(=O)c1ccc(OCC(=O)NCC2CC2)c(N)c1. The van der Waals surface area contributed by atoms with Gasteiger partial charge in [0.15, 0.2) is 6.61 Å². The first-order chi connectivity index (χ1) is 9.60. The number of nitrogens with two attached hydrogens (primary N) is 1. The molecule has 1 aromatic carbocycles. The maximum absolute atomic E-state index is 11.5. The average molecular weight is 278 g/mol. The number of esters is 1. The van der Waals surface area contributed by atoms with Gasteiger partial charge in [-0.05, 0) is 37.0 Å². The number of carbonyl (C=O) groups is 2. The first-order valence-corrected chi connectivity index (χ1v) is 6.47. The van der Waals surface area contributed by atoms with Crippen molar-refractivity contribution in [3.63, 3.8) is 0 Å². The minimum absolute atomic E-state index is 0.0888. The Kier molecular flexibility index (Phi) is 4.45. The van der Waals surface area contributed by atoms with E-state index in [9.17, 15) is 9.59 Å². The monoisotopic (exact) mass is 278 g/mol. The molecule has 0 atom stereocenters. The summed E-state index contributed by atoms with van der Waals surface area (Å²) in [5, 5.41) is 2.79. The van der Waals surface area contributed by atoms with Gasteiger partial charge >= 0.3 is 5.97 Å². The average Bonchev–Trinajstić information content (AvgIpc) is 3.27. The predicted molar refractivity (Wildman–Crippen MR) is 73.4 cm³/mol. The lowest BCUT2D eigenvalue weighted by molar-refractivity contribution is -0.123. The van der Waals surface area contributed by atoms with Crippen molar-refractivity contribution in [3.05, 3.63) is 23.8 Å². The van der Waals surface area contributed by atoms with Gasteiger partial charge in [-0.2, -0.15) is 0 Å². The molecule has 0 radical (unpaired) electrons. The van der Waals surface area contributed by atoms with Gasteiger partial charge in [0.1, 0.15) is 5.75 Å². The fourth-order valence-corrected chi connectivity index (χ4v) is 1.70. The number of methoxy groups -OCH3 is 1. The first-order valence-electron chi connectivity index (χ1n) is 6.47. The number of amides is 1. The molecule has 0 unspecified atom stereocenters. The summed E-state index contributed by atoms with van der Waals surface area (Å²) in [7, 11) is 1.30. The zero-order valence-corrected chi connectivity index (χ0v) is 11.3. The van der Waals surface area contributed by atoms with Crippen molar-refractivity contribution in [2.75, 3.05) is 26.0 Å².